The van der Waals surface area contributed by atoms with Crippen molar-refractivity contribution in [3.8, 4) is 0 Å². The molecule has 1 unspecified atom stereocenters. The number of ether oxygens (including phenoxy) is 1. The van der Waals surface area contributed by atoms with E-state index in [9.17, 15) is 0 Å². The van der Waals surface area contributed by atoms with Crippen LogP contribution in [0, 0.1) is 5.92 Å². The van der Waals surface area contributed by atoms with E-state index in [1.807, 2.05) is 0 Å². The van der Waals surface area contributed by atoms with E-state index in [4.69, 9.17) is 4.74 Å². The van der Waals surface area contributed by atoms with Crippen molar-refractivity contribution in [2.24, 2.45) is 5.92 Å². The molecule has 0 aromatic rings. The van der Waals surface area contributed by atoms with Crippen molar-refractivity contribution in [3.05, 3.63) is 0 Å². The van der Waals surface area contributed by atoms with Gasteiger partial charge < -0.3 is 4.74 Å². The van der Waals surface area contributed by atoms with E-state index in [-0.39, 0.29) is 0 Å². The Labute approximate surface area is 57.4 Å². The van der Waals surface area contributed by atoms with Gasteiger partial charge in [0.15, 0.2) is 0 Å². The first-order valence-corrected chi connectivity index (χ1v) is 3.94. The van der Waals surface area contributed by atoms with Gasteiger partial charge in [-0.2, -0.15) is 0 Å². The monoisotopic (exact) mass is 128 g/mol. The molecule has 9 heavy (non-hydrogen) atoms. The van der Waals surface area contributed by atoms with Gasteiger partial charge in [-0.15, -0.1) is 0 Å². The Kier molecular flexibility index (Phi) is 2.52. The molecular weight excluding hydrogens is 112 g/mol. The molecule has 0 N–H and O–H groups in total. The number of hydrogen-bond acceptors (Lipinski definition) is 1. The Morgan fingerprint density at radius 3 is 2.67 bits per heavy atom. The summed E-state index contributed by atoms with van der Waals surface area (Å²) in [4.78, 5) is 0. The maximum atomic E-state index is 5.48. The number of rotatable bonds is 1. The second-order valence-electron chi connectivity index (χ2n) is 3.00. The highest BCUT2D eigenvalue weighted by atomic mass is 16.5. The lowest BCUT2D eigenvalue weighted by Crippen LogP contribution is -2.22. The van der Waals surface area contributed by atoms with Crippen LogP contribution in [0.15, 0.2) is 0 Å². The van der Waals surface area contributed by atoms with Crippen LogP contribution in [0.5, 0.6) is 0 Å². The molecular formula is C8H16O. The molecule has 1 aliphatic rings. The van der Waals surface area contributed by atoms with Gasteiger partial charge in [-0.25, -0.2) is 0 Å². The molecule has 1 heteroatoms. The van der Waals surface area contributed by atoms with E-state index >= 15 is 0 Å². The van der Waals surface area contributed by atoms with Crippen LogP contribution < -0.4 is 0 Å². The second kappa shape index (κ2) is 3.21. The summed E-state index contributed by atoms with van der Waals surface area (Å²) in [7, 11) is 0. The van der Waals surface area contributed by atoms with E-state index in [0.29, 0.717) is 6.10 Å². The Morgan fingerprint density at radius 1 is 1.44 bits per heavy atom. The van der Waals surface area contributed by atoms with E-state index in [2.05, 4.69) is 13.8 Å². The molecule has 1 rings (SSSR count). The van der Waals surface area contributed by atoms with Crippen molar-refractivity contribution in [1.82, 2.24) is 0 Å². The van der Waals surface area contributed by atoms with Gasteiger partial charge in [0, 0.05) is 6.61 Å². The zero-order valence-corrected chi connectivity index (χ0v) is 6.39. The summed E-state index contributed by atoms with van der Waals surface area (Å²) in [6.45, 7) is 5.40. The minimum absolute atomic E-state index is 0.521. The fourth-order valence-corrected chi connectivity index (χ4v) is 1.26. The summed E-state index contributed by atoms with van der Waals surface area (Å²) >= 11 is 0. The third-order valence-electron chi connectivity index (χ3n) is 2.18. The molecule has 1 aliphatic heterocycles. The number of hydrogen-bond donors (Lipinski definition) is 0. The topological polar surface area (TPSA) is 9.23 Å². The van der Waals surface area contributed by atoms with E-state index in [1.54, 1.807) is 0 Å². The van der Waals surface area contributed by atoms with Crippen LogP contribution in [0.25, 0.3) is 0 Å². The third kappa shape index (κ3) is 1.98. The Hall–Kier alpha value is -0.0400. The first-order valence-electron chi connectivity index (χ1n) is 3.94. The summed E-state index contributed by atoms with van der Waals surface area (Å²) < 4.78 is 5.48. The van der Waals surface area contributed by atoms with Gasteiger partial charge in [-0.05, 0) is 25.7 Å². The van der Waals surface area contributed by atoms with Crippen LogP contribution in [0.2, 0.25) is 0 Å². The SMILES string of the molecule is CCC1CC[C@H](C)OC1. The summed E-state index contributed by atoms with van der Waals surface area (Å²) in [5, 5.41) is 0. The lowest BCUT2D eigenvalue weighted by molar-refractivity contribution is -0.00573. The fraction of sp³-hybridized carbons (Fsp3) is 1.00. The van der Waals surface area contributed by atoms with Crippen LogP contribution in [-0.4, -0.2) is 12.7 Å². The Balaban J connectivity index is 2.18. The second-order valence-corrected chi connectivity index (χ2v) is 3.00. The van der Waals surface area contributed by atoms with Crippen LogP contribution in [0.4, 0.5) is 0 Å². The molecule has 0 bridgehead atoms. The van der Waals surface area contributed by atoms with Crippen molar-refractivity contribution >= 4 is 0 Å². The predicted octanol–water partition coefficient (Wildman–Crippen LogP) is 2.21. The highest BCUT2D eigenvalue weighted by Crippen LogP contribution is 2.20. The van der Waals surface area contributed by atoms with Crippen LogP contribution >= 0.6 is 0 Å². The lowest BCUT2D eigenvalue weighted by Gasteiger charge is -2.25. The predicted molar refractivity (Wildman–Crippen MR) is 38.4 cm³/mol. The largest absolute Gasteiger partial charge is 0.378 e. The molecule has 2 atom stereocenters. The third-order valence-corrected chi connectivity index (χ3v) is 2.18. The summed E-state index contributed by atoms with van der Waals surface area (Å²) in [5.41, 5.74) is 0. The highest BCUT2D eigenvalue weighted by molar-refractivity contribution is 4.65. The Morgan fingerprint density at radius 2 is 2.22 bits per heavy atom. The molecule has 1 heterocycles. The molecule has 0 amide bonds. The first-order chi connectivity index (χ1) is 4.33. The van der Waals surface area contributed by atoms with Gasteiger partial charge in [0.05, 0.1) is 6.10 Å². The van der Waals surface area contributed by atoms with Crippen molar-refractivity contribution in [3.63, 3.8) is 0 Å². The molecule has 54 valence electrons. The molecule has 0 spiro atoms. The molecule has 0 radical (unpaired) electrons. The summed E-state index contributed by atoms with van der Waals surface area (Å²) in [6, 6.07) is 0. The minimum Gasteiger partial charge on any atom is -0.378 e. The van der Waals surface area contributed by atoms with Gasteiger partial charge in [0.1, 0.15) is 0 Å². The molecule has 0 aromatic heterocycles. The standard InChI is InChI=1S/C8H16O/c1-3-8-5-4-7(2)9-6-8/h7-8H,3-6H2,1-2H3/t7-,8?/m0/s1. The van der Waals surface area contributed by atoms with Crippen molar-refractivity contribution in [1.29, 1.82) is 0 Å². The van der Waals surface area contributed by atoms with Crippen molar-refractivity contribution < 1.29 is 4.74 Å². The maximum absolute atomic E-state index is 5.48. The van der Waals surface area contributed by atoms with Gasteiger partial charge >= 0.3 is 0 Å². The molecule has 0 aliphatic carbocycles. The first kappa shape index (κ1) is 7.07. The van der Waals surface area contributed by atoms with Gasteiger partial charge in [-0.1, -0.05) is 13.3 Å². The summed E-state index contributed by atoms with van der Waals surface area (Å²) in [5.74, 6) is 0.848. The van der Waals surface area contributed by atoms with Gasteiger partial charge in [-0.3, -0.25) is 0 Å². The summed E-state index contributed by atoms with van der Waals surface area (Å²) in [6.07, 6.45) is 4.44. The molecule has 0 saturated carbocycles. The van der Waals surface area contributed by atoms with E-state index in [0.717, 1.165) is 12.5 Å². The Bertz CT molecular complexity index is 72.6. The van der Waals surface area contributed by atoms with Gasteiger partial charge in [0.2, 0.25) is 0 Å². The van der Waals surface area contributed by atoms with Crippen LogP contribution in [0.1, 0.15) is 33.1 Å². The highest BCUT2D eigenvalue weighted by Gasteiger charge is 2.15. The molecule has 1 nitrogen and oxygen atoms in total. The minimum atomic E-state index is 0.521. The van der Waals surface area contributed by atoms with E-state index < -0.39 is 0 Å². The van der Waals surface area contributed by atoms with Gasteiger partial charge in [0.25, 0.3) is 0 Å². The van der Waals surface area contributed by atoms with Crippen LogP contribution in [0.3, 0.4) is 0 Å². The smallest absolute Gasteiger partial charge is 0.0547 e. The average Bonchev–Trinajstić information content (AvgIpc) is 1.90. The average molecular weight is 128 g/mol. The van der Waals surface area contributed by atoms with Crippen molar-refractivity contribution in [2.45, 2.75) is 39.2 Å². The zero-order valence-electron chi connectivity index (χ0n) is 6.39. The molecule has 1 saturated heterocycles. The molecule has 0 aromatic carbocycles. The maximum Gasteiger partial charge on any atom is 0.0547 e. The lowest BCUT2D eigenvalue weighted by atomic mass is 9.97. The van der Waals surface area contributed by atoms with Crippen molar-refractivity contribution in [2.75, 3.05) is 6.61 Å². The quantitative estimate of drug-likeness (QED) is 0.526. The van der Waals surface area contributed by atoms with E-state index in [1.165, 1.54) is 19.3 Å². The fourth-order valence-electron chi connectivity index (χ4n) is 1.26. The zero-order chi connectivity index (χ0) is 6.69. The molecule has 1 fully saturated rings. The normalized spacial score (nSPS) is 36.7. The van der Waals surface area contributed by atoms with Crippen LogP contribution in [-0.2, 0) is 4.74 Å².